The topological polar surface area (TPSA) is 48.0 Å². The van der Waals surface area contributed by atoms with Crippen LogP contribution in [0.4, 0.5) is 0 Å². The number of furan rings is 1. The molecule has 2 rings (SSSR count). The molecular formula is C10H9ClN2O2. The molecule has 0 radical (unpaired) electrons. The van der Waals surface area contributed by atoms with Crippen LogP contribution in [0.15, 0.2) is 29.0 Å². The maximum atomic E-state index is 11.6. The van der Waals surface area contributed by atoms with E-state index in [-0.39, 0.29) is 12.3 Å². The largest absolute Gasteiger partial charge is 0.461 e. The first-order valence-electron chi connectivity index (χ1n) is 4.43. The molecule has 0 bridgehead atoms. The van der Waals surface area contributed by atoms with Gasteiger partial charge in [-0.2, -0.15) is 5.10 Å². The van der Waals surface area contributed by atoms with Crippen molar-refractivity contribution in [2.75, 3.05) is 0 Å². The van der Waals surface area contributed by atoms with Crippen LogP contribution in [0, 0.1) is 6.92 Å². The second-order valence-corrected chi connectivity index (χ2v) is 3.54. The van der Waals surface area contributed by atoms with Crippen LogP contribution >= 0.6 is 11.6 Å². The molecule has 4 nitrogen and oxygen atoms in total. The molecule has 0 atom stereocenters. The van der Waals surface area contributed by atoms with E-state index in [0.29, 0.717) is 10.8 Å². The summed E-state index contributed by atoms with van der Waals surface area (Å²) in [4.78, 5) is 11.6. The van der Waals surface area contributed by atoms with Crippen molar-refractivity contribution < 1.29 is 9.21 Å². The van der Waals surface area contributed by atoms with Gasteiger partial charge in [0.05, 0.1) is 23.2 Å². The van der Waals surface area contributed by atoms with Crippen molar-refractivity contribution in [3.8, 4) is 0 Å². The van der Waals surface area contributed by atoms with E-state index in [4.69, 9.17) is 16.0 Å². The predicted molar refractivity (Wildman–Crippen MR) is 55.0 cm³/mol. The second-order valence-electron chi connectivity index (χ2n) is 3.14. The highest BCUT2D eigenvalue weighted by molar-refractivity contribution is 6.31. The Morgan fingerprint density at radius 1 is 1.67 bits per heavy atom. The van der Waals surface area contributed by atoms with E-state index >= 15 is 0 Å². The molecule has 0 aliphatic rings. The predicted octanol–water partition coefficient (Wildman–Crippen LogP) is 2.32. The van der Waals surface area contributed by atoms with Gasteiger partial charge >= 0.3 is 0 Å². The third-order valence-corrected chi connectivity index (χ3v) is 2.50. The molecule has 0 saturated carbocycles. The number of hydrogen-bond donors (Lipinski definition) is 0. The Morgan fingerprint density at radius 2 is 2.47 bits per heavy atom. The summed E-state index contributed by atoms with van der Waals surface area (Å²) in [6.07, 6.45) is 2.99. The third kappa shape index (κ3) is 1.94. The Morgan fingerprint density at radius 3 is 3.00 bits per heavy atom. The normalized spacial score (nSPS) is 10.5. The summed E-state index contributed by atoms with van der Waals surface area (Å²) in [7, 11) is 0. The Hall–Kier alpha value is -1.55. The fourth-order valence-corrected chi connectivity index (χ4v) is 1.38. The molecule has 2 aromatic heterocycles. The Balaban J connectivity index is 2.16. The van der Waals surface area contributed by atoms with Crippen LogP contribution in [0.25, 0.3) is 0 Å². The quantitative estimate of drug-likeness (QED) is 0.752. The van der Waals surface area contributed by atoms with Gasteiger partial charge in [0, 0.05) is 0 Å². The Bertz CT molecular complexity index is 474. The van der Waals surface area contributed by atoms with E-state index in [1.54, 1.807) is 16.8 Å². The van der Waals surface area contributed by atoms with Gasteiger partial charge in [-0.1, -0.05) is 11.6 Å². The smallest absolute Gasteiger partial charge is 0.219 e. The van der Waals surface area contributed by atoms with Gasteiger partial charge in [0.25, 0.3) is 0 Å². The van der Waals surface area contributed by atoms with Crippen molar-refractivity contribution in [1.29, 1.82) is 0 Å². The zero-order chi connectivity index (χ0) is 10.8. The van der Waals surface area contributed by atoms with Gasteiger partial charge in [-0.3, -0.25) is 9.48 Å². The van der Waals surface area contributed by atoms with Gasteiger partial charge in [0.2, 0.25) is 5.78 Å². The first kappa shape index (κ1) is 9.98. The average Bonchev–Trinajstić information content (AvgIpc) is 2.83. The molecule has 78 valence electrons. The summed E-state index contributed by atoms with van der Waals surface area (Å²) < 4.78 is 6.54. The van der Waals surface area contributed by atoms with Crippen molar-refractivity contribution >= 4 is 17.4 Å². The first-order valence-corrected chi connectivity index (χ1v) is 4.81. The highest BCUT2D eigenvalue weighted by atomic mass is 35.5. The number of rotatable bonds is 3. The molecule has 0 spiro atoms. The van der Waals surface area contributed by atoms with Gasteiger partial charge in [-0.15, -0.1) is 0 Å². The Labute approximate surface area is 91.4 Å². The lowest BCUT2D eigenvalue weighted by Crippen LogP contribution is -2.12. The highest BCUT2D eigenvalue weighted by Crippen LogP contribution is 2.14. The van der Waals surface area contributed by atoms with Gasteiger partial charge in [-0.25, -0.2) is 0 Å². The minimum Gasteiger partial charge on any atom is -0.461 e. The summed E-state index contributed by atoms with van der Waals surface area (Å²) in [5.41, 5.74) is 0.775. The van der Waals surface area contributed by atoms with Crippen LogP contribution in [0.5, 0.6) is 0 Å². The van der Waals surface area contributed by atoms with E-state index in [0.717, 1.165) is 5.69 Å². The minimum atomic E-state index is -0.122. The molecule has 0 amide bonds. The molecule has 2 heterocycles. The van der Waals surface area contributed by atoms with Gasteiger partial charge in [0.1, 0.15) is 6.54 Å². The molecule has 0 aliphatic carbocycles. The number of hydrogen-bond acceptors (Lipinski definition) is 3. The third-order valence-electron chi connectivity index (χ3n) is 2.13. The lowest BCUT2D eigenvalue weighted by Gasteiger charge is -2.01. The number of Topliss-reactive ketones (excluding diaryl/α,β-unsaturated/α-hetero) is 1. The van der Waals surface area contributed by atoms with Crippen LogP contribution in [0.2, 0.25) is 5.02 Å². The number of ketones is 1. The van der Waals surface area contributed by atoms with Crippen molar-refractivity contribution in [3.63, 3.8) is 0 Å². The number of halogens is 1. The van der Waals surface area contributed by atoms with Crippen LogP contribution in [0.1, 0.15) is 16.2 Å². The Kier molecular flexibility index (Phi) is 2.60. The molecule has 0 unspecified atom stereocenters. The van der Waals surface area contributed by atoms with Crippen LogP contribution in [-0.4, -0.2) is 15.6 Å². The van der Waals surface area contributed by atoms with E-state index in [9.17, 15) is 4.79 Å². The first-order chi connectivity index (χ1) is 7.18. The SMILES string of the molecule is Cc1c(Cl)cnn1CC(=O)c1ccco1. The van der Waals surface area contributed by atoms with Gasteiger partial charge < -0.3 is 4.42 Å². The summed E-state index contributed by atoms with van der Waals surface area (Å²) in [6.45, 7) is 1.96. The molecule has 0 saturated heterocycles. The molecular weight excluding hydrogens is 216 g/mol. The zero-order valence-electron chi connectivity index (χ0n) is 8.11. The summed E-state index contributed by atoms with van der Waals surface area (Å²) >= 11 is 5.82. The molecule has 0 N–H and O–H groups in total. The summed E-state index contributed by atoms with van der Waals surface area (Å²) in [6, 6.07) is 3.30. The molecule has 5 heteroatoms. The molecule has 2 aromatic rings. The van der Waals surface area contributed by atoms with E-state index < -0.39 is 0 Å². The van der Waals surface area contributed by atoms with Crippen molar-refractivity contribution in [2.45, 2.75) is 13.5 Å². The summed E-state index contributed by atoms with van der Waals surface area (Å²) in [5, 5.41) is 4.55. The number of carbonyl (C=O) groups excluding carboxylic acids is 1. The van der Waals surface area contributed by atoms with Crippen LogP contribution in [0.3, 0.4) is 0 Å². The van der Waals surface area contributed by atoms with Crippen LogP contribution in [-0.2, 0) is 6.54 Å². The fraction of sp³-hybridized carbons (Fsp3) is 0.200. The second kappa shape index (κ2) is 3.90. The molecule has 15 heavy (non-hydrogen) atoms. The standard InChI is InChI=1S/C10H9ClN2O2/c1-7-8(11)5-12-13(7)6-9(14)10-3-2-4-15-10/h2-5H,6H2,1H3. The number of carbonyl (C=O) groups is 1. The van der Waals surface area contributed by atoms with Crippen LogP contribution < -0.4 is 0 Å². The number of nitrogens with zero attached hydrogens (tertiary/aromatic N) is 2. The summed E-state index contributed by atoms with van der Waals surface area (Å²) in [5.74, 6) is 0.212. The minimum absolute atomic E-state index is 0.122. The molecule has 0 aliphatic heterocycles. The van der Waals surface area contributed by atoms with Gasteiger partial charge in [0.15, 0.2) is 5.76 Å². The highest BCUT2D eigenvalue weighted by Gasteiger charge is 2.12. The lowest BCUT2D eigenvalue weighted by atomic mass is 10.3. The maximum Gasteiger partial charge on any atom is 0.219 e. The van der Waals surface area contributed by atoms with E-state index in [2.05, 4.69) is 5.10 Å². The fourth-order valence-electron chi connectivity index (χ4n) is 1.23. The number of aromatic nitrogens is 2. The lowest BCUT2D eigenvalue weighted by molar-refractivity contribution is 0.0939. The van der Waals surface area contributed by atoms with Gasteiger partial charge in [-0.05, 0) is 19.1 Å². The monoisotopic (exact) mass is 224 g/mol. The van der Waals surface area contributed by atoms with Crippen molar-refractivity contribution in [1.82, 2.24) is 9.78 Å². The molecule has 0 aromatic carbocycles. The van der Waals surface area contributed by atoms with Crippen molar-refractivity contribution in [2.24, 2.45) is 0 Å². The zero-order valence-corrected chi connectivity index (χ0v) is 8.86. The average molecular weight is 225 g/mol. The maximum absolute atomic E-state index is 11.6. The van der Waals surface area contributed by atoms with E-state index in [1.807, 2.05) is 6.92 Å². The molecule has 0 fully saturated rings. The van der Waals surface area contributed by atoms with E-state index in [1.165, 1.54) is 12.5 Å². The van der Waals surface area contributed by atoms with Crippen molar-refractivity contribution in [3.05, 3.63) is 41.1 Å².